The molecule has 0 saturated heterocycles. The zero-order chi connectivity index (χ0) is 13.5. The summed E-state index contributed by atoms with van der Waals surface area (Å²) in [6.07, 6.45) is 2.67. The molecule has 1 aromatic heterocycles. The molecule has 0 spiro atoms. The van der Waals surface area contributed by atoms with E-state index in [1.807, 2.05) is 0 Å². The average molecular weight is 252 g/mol. The van der Waals surface area contributed by atoms with Crippen LogP contribution in [-0.4, -0.2) is 23.8 Å². The highest BCUT2D eigenvalue weighted by molar-refractivity contribution is 5.26. The van der Waals surface area contributed by atoms with Crippen molar-refractivity contribution in [3.05, 3.63) is 23.0 Å². The number of nitrogens with one attached hydrogen (secondary N) is 1. The molecule has 0 aromatic carbocycles. The van der Waals surface area contributed by atoms with Gasteiger partial charge in [0.1, 0.15) is 0 Å². The van der Waals surface area contributed by atoms with E-state index in [-0.39, 0.29) is 0 Å². The molecule has 0 unspecified atom stereocenters. The molecule has 0 fully saturated rings. The summed E-state index contributed by atoms with van der Waals surface area (Å²) in [7, 11) is 2.12. The largest absolute Gasteiger partial charge is 0.379 e. The first kappa shape index (κ1) is 15.3. The summed E-state index contributed by atoms with van der Waals surface area (Å²) in [6.45, 7) is 11.4. The van der Waals surface area contributed by atoms with Crippen LogP contribution in [0.25, 0.3) is 0 Å². The zero-order valence-electron chi connectivity index (χ0n) is 12.5. The van der Waals surface area contributed by atoms with Gasteiger partial charge in [0.05, 0.1) is 6.10 Å². The lowest BCUT2D eigenvalue weighted by Crippen LogP contribution is -2.16. The Kier molecular flexibility index (Phi) is 6.44. The minimum Gasteiger partial charge on any atom is -0.379 e. The molecule has 1 heterocycles. The molecule has 1 rings (SSSR count). The van der Waals surface area contributed by atoms with Crippen LogP contribution < -0.4 is 5.32 Å². The topological polar surface area (TPSA) is 26.2 Å². The van der Waals surface area contributed by atoms with Gasteiger partial charge in [0, 0.05) is 31.6 Å². The van der Waals surface area contributed by atoms with E-state index in [9.17, 15) is 0 Å². The summed E-state index contributed by atoms with van der Waals surface area (Å²) in [5.74, 6) is 0. The monoisotopic (exact) mass is 252 g/mol. The summed E-state index contributed by atoms with van der Waals surface area (Å²) in [5.41, 5.74) is 4.10. The van der Waals surface area contributed by atoms with Crippen molar-refractivity contribution in [2.24, 2.45) is 7.05 Å². The third-order valence-electron chi connectivity index (χ3n) is 3.39. The number of aryl methyl sites for hydroxylation is 1. The van der Waals surface area contributed by atoms with E-state index < -0.39 is 0 Å². The van der Waals surface area contributed by atoms with Crippen molar-refractivity contribution >= 4 is 0 Å². The number of aromatic nitrogens is 1. The summed E-state index contributed by atoms with van der Waals surface area (Å²) in [6, 6.07) is 2.27. The standard InChI is InChI=1S/C15H28N2O/c1-12(2)18-9-7-6-8-16-11-15-10-13(3)17(5)14(15)4/h10,12,16H,6-9,11H2,1-5H3. The average Bonchev–Trinajstić information content (AvgIpc) is 2.55. The van der Waals surface area contributed by atoms with Gasteiger partial charge in [-0.2, -0.15) is 0 Å². The van der Waals surface area contributed by atoms with Gasteiger partial charge in [0.15, 0.2) is 0 Å². The predicted molar refractivity (Wildman–Crippen MR) is 76.9 cm³/mol. The summed E-state index contributed by atoms with van der Waals surface area (Å²) in [4.78, 5) is 0. The summed E-state index contributed by atoms with van der Waals surface area (Å²) < 4.78 is 7.76. The Bertz CT molecular complexity index is 356. The van der Waals surface area contributed by atoms with Crippen molar-refractivity contribution in [1.82, 2.24) is 9.88 Å². The Morgan fingerprint density at radius 1 is 1.28 bits per heavy atom. The molecule has 0 aliphatic rings. The van der Waals surface area contributed by atoms with Crippen molar-refractivity contribution in [1.29, 1.82) is 0 Å². The molecule has 0 atom stereocenters. The van der Waals surface area contributed by atoms with E-state index in [2.05, 4.69) is 50.7 Å². The smallest absolute Gasteiger partial charge is 0.0518 e. The molecule has 0 aliphatic heterocycles. The fraction of sp³-hybridized carbons (Fsp3) is 0.733. The van der Waals surface area contributed by atoms with Gasteiger partial charge in [-0.3, -0.25) is 0 Å². The van der Waals surface area contributed by atoms with Crippen LogP contribution in [0, 0.1) is 13.8 Å². The maximum Gasteiger partial charge on any atom is 0.0518 e. The lowest BCUT2D eigenvalue weighted by Gasteiger charge is -2.08. The van der Waals surface area contributed by atoms with Gasteiger partial charge in [0.25, 0.3) is 0 Å². The van der Waals surface area contributed by atoms with E-state index >= 15 is 0 Å². The van der Waals surface area contributed by atoms with Gasteiger partial charge < -0.3 is 14.6 Å². The minimum absolute atomic E-state index is 0.355. The van der Waals surface area contributed by atoms with Gasteiger partial charge in [0.2, 0.25) is 0 Å². The number of unbranched alkanes of at least 4 members (excludes halogenated alkanes) is 1. The predicted octanol–water partition coefficient (Wildman–Crippen LogP) is 2.94. The molecule has 0 saturated carbocycles. The maximum absolute atomic E-state index is 5.51. The van der Waals surface area contributed by atoms with Crippen LogP contribution in [0.1, 0.15) is 43.6 Å². The highest BCUT2D eigenvalue weighted by atomic mass is 16.5. The first-order valence-electron chi connectivity index (χ1n) is 6.96. The van der Waals surface area contributed by atoms with Crippen LogP contribution in [0.3, 0.4) is 0 Å². The summed E-state index contributed by atoms with van der Waals surface area (Å²) in [5, 5.41) is 3.50. The number of rotatable bonds is 8. The molecule has 0 bridgehead atoms. The van der Waals surface area contributed by atoms with Crippen molar-refractivity contribution in [3.63, 3.8) is 0 Å². The lowest BCUT2D eigenvalue weighted by atomic mass is 10.2. The van der Waals surface area contributed by atoms with Crippen LogP contribution >= 0.6 is 0 Å². The van der Waals surface area contributed by atoms with Gasteiger partial charge >= 0.3 is 0 Å². The van der Waals surface area contributed by atoms with Gasteiger partial charge in [-0.15, -0.1) is 0 Å². The molecule has 104 valence electrons. The first-order valence-corrected chi connectivity index (χ1v) is 6.96. The van der Waals surface area contributed by atoms with E-state index in [4.69, 9.17) is 4.74 Å². The second-order valence-corrected chi connectivity index (χ2v) is 5.26. The van der Waals surface area contributed by atoms with Gasteiger partial charge in [-0.25, -0.2) is 0 Å². The lowest BCUT2D eigenvalue weighted by molar-refractivity contribution is 0.0760. The number of ether oxygens (including phenoxy) is 1. The van der Waals surface area contributed by atoms with Crippen LogP contribution in [0.15, 0.2) is 6.07 Å². The van der Waals surface area contributed by atoms with E-state index in [0.717, 1.165) is 26.1 Å². The normalized spacial score (nSPS) is 11.4. The SMILES string of the molecule is Cc1cc(CNCCCCOC(C)C)c(C)n1C. The molecular formula is C15H28N2O. The quantitative estimate of drug-likeness (QED) is 0.720. The molecule has 0 radical (unpaired) electrons. The van der Waals surface area contributed by atoms with E-state index in [0.29, 0.717) is 6.10 Å². The molecule has 0 aliphatic carbocycles. The molecule has 18 heavy (non-hydrogen) atoms. The van der Waals surface area contributed by atoms with Crippen LogP contribution in [-0.2, 0) is 18.3 Å². The molecule has 3 nitrogen and oxygen atoms in total. The Labute approximate surface area is 112 Å². The fourth-order valence-corrected chi connectivity index (χ4v) is 2.01. The fourth-order valence-electron chi connectivity index (χ4n) is 2.01. The molecular weight excluding hydrogens is 224 g/mol. The Hall–Kier alpha value is -0.800. The van der Waals surface area contributed by atoms with Gasteiger partial charge in [-0.1, -0.05) is 0 Å². The summed E-state index contributed by atoms with van der Waals surface area (Å²) >= 11 is 0. The number of nitrogens with zero attached hydrogens (tertiary/aromatic N) is 1. The van der Waals surface area contributed by atoms with E-state index in [1.165, 1.54) is 23.4 Å². The van der Waals surface area contributed by atoms with Crippen LogP contribution in [0.5, 0.6) is 0 Å². The number of hydrogen-bond acceptors (Lipinski definition) is 2. The molecule has 3 heteroatoms. The molecule has 1 aromatic rings. The second-order valence-electron chi connectivity index (χ2n) is 5.26. The second kappa shape index (κ2) is 7.59. The Morgan fingerprint density at radius 3 is 2.56 bits per heavy atom. The number of hydrogen-bond donors (Lipinski definition) is 1. The minimum atomic E-state index is 0.355. The van der Waals surface area contributed by atoms with Gasteiger partial charge in [-0.05, 0) is 58.7 Å². The zero-order valence-corrected chi connectivity index (χ0v) is 12.5. The van der Waals surface area contributed by atoms with Crippen LogP contribution in [0.4, 0.5) is 0 Å². The molecule has 1 N–H and O–H groups in total. The Balaban J connectivity index is 2.13. The molecule has 0 amide bonds. The Morgan fingerprint density at radius 2 is 2.00 bits per heavy atom. The van der Waals surface area contributed by atoms with Crippen molar-refractivity contribution in [3.8, 4) is 0 Å². The van der Waals surface area contributed by atoms with Crippen LogP contribution in [0.2, 0.25) is 0 Å². The van der Waals surface area contributed by atoms with E-state index in [1.54, 1.807) is 0 Å². The maximum atomic E-state index is 5.51. The van der Waals surface area contributed by atoms with Crippen molar-refractivity contribution < 1.29 is 4.74 Å². The third kappa shape index (κ3) is 4.83. The highest BCUT2D eigenvalue weighted by Gasteiger charge is 2.04. The highest BCUT2D eigenvalue weighted by Crippen LogP contribution is 2.12. The van der Waals surface area contributed by atoms with Crippen molar-refractivity contribution in [2.75, 3.05) is 13.2 Å². The van der Waals surface area contributed by atoms with Crippen molar-refractivity contribution in [2.45, 2.75) is 53.2 Å². The first-order chi connectivity index (χ1) is 8.52. The third-order valence-corrected chi connectivity index (χ3v) is 3.39.